The van der Waals surface area contributed by atoms with Crippen molar-refractivity contribution in [1.82, 2.24) is 9.55 Å². The summed E-state index contributed by atoms with van der Waals surface area (Å²) < 4.78 is 16.7. The molecule has 1 aromatic heterocycles. The second-order valence-electron chi connectivity index (χ2n) is 15.2. The van der Waals surface area contributed by atoms with Crippen LogP contribution >= 0.6 is 11.8 Å². The van der Waals surface area contributed by atoms with Crippen molar-refractivity contribution in [3.63, 3.8) is 0 Å². The predicted molar refractivity (Wildman–Crippen MR) is 214 cm³/mol. The van der Waals surface area contributed by atoms with Crippen LogP contribution in [0.3, 0.4) is 0 Å². The van der Waals surface area contributed by atoms with Crippen LogP contribution in [-0.4, -0.2) is 44.6 Å². The first-order valence-corrected chi connectivity index (χ1v) is 22.1. The third-order valence-corrected chi connectivity index (χ3v) is 21.8. The van der Waals surface area contributed by atoms with Gasteiger partial charge in [0.1, 0.15) is 5.82 Å². The lowest BCUT2D eigenvalue weighted by molar-refractivity contribution is 0.165. The van der Waals surface area contributed by atoms with Gasteiger partial charge in [-0.25, -0.2) is 4.79 Å². The first-order valence-electron chi connectivity index (χ1n) is 17.4. The number of nitrogens with two attached hydrogens (primary N) is 1. The molecule has 0 amide bonds. The number of hydrogen-bond acceptors (Lipinski definition) is 6. The molecule has 4 aromatic carbocycles. The normalized spacial score (nSPS) is 18.4. The predicted octanol–water partition coefficient (Wildman–Crippen LogP) is 6.21. The summed E-state index contributed by atoms with van der Waals surface area (Å²) in [6.07, 6.45) is 1.78. The largest absolute Gasteiger partial charge is 0.407 e. The van der Waals surface area contributed by atoms with E-state index in [1.54, 1.807) is 28.6 Å². The Kier molecular flexibility index (Phi) is 10.4. The van der Waals surface area contributed by atoms with Gasteiger partial charge in [-0.2, -0.15) is 4.98 Å². The lowest BCUT2D eigenvalue weighted by Gasteiger charge is -2.50. The Morgan fingerprint density at radius 2 is 1.02 bits per heavy atom. The Morgan fingerprint density at radius 1 is 0.640 bits per heavy atom. The van der Waals surface area contributed by atoms with Crippen LogP contribution in [0.1, 0.15) is 46.9 Å². The maximum absolute atomic E-state index is 13.3. The Hall–Kier alpha value is -3.74. The van der Waals surface area contributed by atoms with Gasteiger partial charge < -0.3 is 14.6 Å². The zero-order valence-corrected chi connectivity index (χ0v) is 32.8. The van der Waals surface area contributed by atoms with Crippen LogP contribution in [0.2, 0.25) is 10.1 Å². The van der Waals surface area contributed by atoms with E-state index in [1.165, 1.54) is 20.7 Å². The van der Waals surface area contributed by atoms with Gasteiger partial charge in [-0.15, -0.1) is 11.8 Å². The molecule has 2 heterocycles. The molecule has 260 valence electrons. The minimum absolute atomic E-state index is 0.0111. The quantitative estimate of drug-likeness (QED) is 0.164. The zero-order valence-electron chi connectivity index (χ0n) is 30.0. The summed E-state index contributed by atoms with van der Waals surface area (Å²) in [6.45, 7) is 14.8. The Labute approximate surface area is 303 Å². The van der Waals surface area contributed by atoms with Gasteiger partial charge in [0.05, 0.1) is 5.37 Å². The molecule has 1 aliphatic rings. The number of anilines is 1. The smallest absolute Gasteiger partial charge is 0.350 e. The monoisotopic (exact) mass is 719 g/mol. The highest BCUT2D eigenvalue weighted by Gasteiger charge is 2.55. The number of thioether (sulfide) groups is 1. The van der Waals surface area contributed by atoms with Crippen molar-refractivity contribution in [2.45, 2.75) is 62.2 Å². The lowest BCUT2D eigenvalue weighted by atomic mass is 10.0. The topological polar surface area (TPSA) is 79.4 Å². The number of nitrogens with zero attached hydrogens (tertiary/aromatic N) is 2. The maximum Gasteiger partial charge on any atom is 0.350 e. The molecule has 1 fully saturated rings. The summed E-state index contributed by atoms with van der Waals surface area (Å²) >= 11 is 1.76. The number of benzene rings is 4. The van der Waals surface area contributed by atoms with Crippen molar-refractivity contribution in [3.8, 4) is 0 Å². The van der Waals surface area contributed by atoms with Crippen LogP contribution in [0.15, 0.2) is 138 Å². The highest BCUT2D eigenvalue weighted by Crippen LogP contribution is 2.51. The molecule has 6 rings (SSSR count). The Bertz CT molecular complexity index is 1840. The van der Waals surface area contributed by atoms with Crippen LogP contribution in [-0.2, 0) is 8.85 Å². The number of nitrogen functional groups attached to an aromatic ring is 1. The van der Waals surface area contributed by atoms with Gasteiger partial charge in [-0.05, 0) is 36.9 Å². The molecule has 5 aromatic rings. The van der Waals surface area contributed by atoms with E-state index in [0.29, 0.717) is 13.2 Å². The van der Waals surface area contributed by atoms with Gasteiger partial charge in [0.2, 0.25) is 0 Å². The number of hydrogen-bond donors (Lipinski definition) is 1. The van der Waals surface area contributed by atoms with E-state index >= 15 is 0 Å². The highest BCUT2D eigenvalue weighted by molar-refractivity contribution is 8.01. The molecule has 1 aliphatic heterocycles. The molecule has 0 saturated carbocycles. The molecule has 9 heteroatoms. The van der Waals surface area contributed by atoms with Crippen molar-refractivity contribution in [3.05, 3.63) is 144 Å². The summed E-state index contributed by atoms with van der Waals surface area (Å²) in [4.78, 5) is 17.3. The van der Waals surface area contributed by atoms with Gasteiger partial charge >= 0.3 is 5.69 Å². The van der Waals surface area contributed by atoms with Crippen LogP contribution in [0.4, 0.5) is 5.82 Å². The van der Waals surface area contributed by atoms with Gasteiger partial charge in [0.25, 0.3) is 16.6 Å². The van der Waals surface area contributed by atoms with Gasteiger partial charge in [-0.1, -0.05) is 163 Å². The van der Waals surface area contributed by atoms with Crippen LogP contribution in [0.5, 0.6) is 0 Å². The second kappa shape index (κ2) is 14.5. The van der Waals surface area contributed by atoms with E-state index in [4.69, 9.17) is 14.6 Å². The van der Waals surface area contributed by atoms with E-state index in [9.17, 15) is 4.79 Å². The summed E-state index contributed by atoms with van der Waals surface area (Å²) in [5, 5.41) is 4.55. The van der Waals surface area contributed by atoms with Gasteiger partial charge in [0.15, 0.2) is 0 Å². The van der Waals surface area contributed by atoms with Gasteiger partial charge in [0, 0.05) is 30.6 Å². The van der Waals surface area contributed by atoms with Crippen LogP contribution in [0, 0.1) is 5.92 Å². The molecule has 0 aliphatic carbocycles. The molecule has 6 nitrogen and oxygen atoms in total. The van der Waals surface area contributed by atoms with Crippen molar-refractivity contribution in [2.24, 2.45) is 5.92 Å². The average molecular weight is 720 g/mol. The molecule has 3 atom stereocenters. The van der Waals surface area contributed by atoms with Crippen molar-refractivity contribution < 1.29 is 8.85 Å². The standard InChI is InChI=1S/C41H49N3O3SSi2/c1-40(2,3)49(31-19-11-7-12-20-31,32-21-13-8-14-22-32)46-29-35-36(48-38(35)44-28-27-37(42)43-39(44)45)30-47-50(41(4,5)6,33-23-15-9-16-24-33)34-25-17-10-18-26-34/h7-28,35-36,38H,29-30H2,1-6H3,(H2,42,43,45)/t35-,36-,38?/m0/s1. The molecular weight excluding hydrogens is 671 g/mol. The minimum Gasteiger partial charge on any atom is -0.407 e. The van der Waals surface area contributed by atoms with E-state index < -0.39 is 16.6 Å². The van der Waals surface area contributed by atoms with Crippen LogP contribution in [0.25, 0.3) is 0 Å². The minimum atomic E-state index is -2.84. The Balaban J connectivity index is 1.40. The molecule has 50 heavy (non-hydrogen) atoms. The van der Waals surface area contributed by atoms with Crippen molar-refractivity contribution >= 4 is 55.0 Å². The summed E-state index contributed by atoms with van der Waals surface area (Å²) in [6, 6.07) is 44.6. The van der Waals surface area contributed by atoms with E-state index in [1.807, 2.05) is 0 Å². The molecule has 0 bridgehead atoms. The first kappa shape index (κ1) is 36.1. The van der Waals surface area contributed by atoms with E-state index in [2.05, 4.69) is 168 Å². The summed E-state index contributed by atoms with van der Waals surface area (Å²) in [7, 11) is -5.62. The second-order valence-corrected chi connectivity index (χ2v) is 25.2. The molecule has 0 spiro atoms. The Morgan fingerprint density at radius 3 is 1.38 bits per heavy atom. The zero-order chi connectivity index (χ0) is 35.6. The lowest BCUT2D eigenvalue weighted by Crippen LogP contribution is -2.68. The molecular formula is C41H49N3O3SSi2. The van der Waals surface area contributed by atoms with E-state index in [0.717, 1.165) is 0 Å². The fourth-order valence-electron chi connectivity index (χ4n) is 7.67. The highest BCUT2D eigenvalue weighted by atomic mass is 32.2. The molecule has 1 unspecified atom stereocenters. The first-order chi connectivity index (χ1) is 23.9. The van der Waals surface area contributed by atoms with Crippen molar-refractivity contribution in [1.29, 1.82) is 0 Å². The summed E-state index contributed by atoms with van der Waals surface area (Å²) in [5.74, 6) is 0.213. The number of aromatic nitrogens is 2. The maximum atomic E-state index is 13.3. The summed E-state index contributed by atoms with van der Waals surface area (Å²) in [5.41, 5.74) is 5.58. The fourth-order valence-corrected chi connectivity index (χ4v) is 18.4. The molecule has 2 N–H and O–H groups in total. The average Bonchev–Trinajstić information content (AvgIpc) is 3.09. The third kappa shape index (κ3) is 6.69. The number of rotatable bonds is 11. The van der Waals surface area contributed by atoms with E-state index in [-0.39, 0.29) is 38.1 Å². The van der Waals surface area contributed by atoms with Crippen molar-refractivity contribution in [2.75, 3.05) is 18.9 Å². The fraction of sp³-hybridized carbons (Fsp3) is 0.317. The molecule has 1 saturated heterocycles. The van der Waals surface area contributed by atoms with Crippen LogP contribution < -0.4 is 32.2 Å². The third-order valence-electron chi connectivity index (χ3n) is 10.1. The molecule has 0 radical (unpaired) electrons. The van der Waals surface area contributed by atoms with Gasteiger partial charge in [-0.3, -0.25) is 4.57 Å². The SMILES string of the molecule is CC(C)(C)[Si](OC[C@@H]1SC(n2ccc(N)nc2=O)[C@H]1CO[Si](c1ccccc1)(c1ccccc1)C(C)(C)C)(c1ccccc1)c1ccccc1.